The van der Waals surface area contributed by atoms with Crippen molar-refractivity contribution in [2.24, 2.45) is 0 Å². The molecule has 0 saturated carbocycles. The monoisotopic (exact) mass is 770 g/mol. The summed E-state index contributed by atoms with van der Waals surface area (Å²) in [5.41, 5.74) is 4.96. The van der Waals surface area contributed by atoms with E-state index in [9.17, 15) is 14.4 Å². The largest absolute Gasteiger partial charge is 0.460 e. The van der Waals surface area contributed by atoms with Gasteiger partial charge in [-0.3, -0.25) is 0 Å². The van der Waals surface area contributed by atoms with E-state index in [1.54, 1.807) is 84.9 Å². The van der Waals surface area contributed by atoms with E-state index in [-0.39, 0.29) is 25.9 Å². The van der Waals surface area contributed by atoms with Crippen molar-refractivity contribution in [2.45, 2.75) is 76.5 Å². The molecule has 57 heavy (non-hydrogen) atoms. The molecule has 5 aromatic carbocycles. The number of esters is 3. The van der Waals surface area contributed by atoms with Crippen LogP contribution in [0, 0.1) is 0 Å². The standard InChI is InChI=1S/C47H46O10/c1-2-32-20-22-33(23-21-32)27-38-25-24-34(30-52-42-19-12-26-51-42)28-40(38)56-47-43(57-46(50)37-17-10-5-11-18-37)41(55-45(49)36-15-8-4-9-16-36)29-39(54-47)31-53-44(48)35-13-6-3-7-14-35/h3-11,13-18,20-25,28,39,41-43,47H,2,12,19,26-27,29-31H2,1H3/t39-,41-,42?,43+,47-/m0/s1. The Bertz CT molecular complexity index is 2060. The SMILES string of the molecule is CCc1ccc(Cc2ccc(COC3CCCO3)cc2O[C@@H]2O[C@H](COC(=O)c3ccccc3)C[C@H](OC(=O)c3ccccc3)[C@H]2OC(=O)c2ccccc2)cc1. The zero-order valence-corrected chi connectivity index (χ0v) is 31.8. The van der Waals surface area contributed by atoms with Gasteiger partial charge >= 0.3 is 17.9 Å². The van der Waals surface area contributed by atoms with Gasteiger partial charge in [0.15, 0.2) is 6.29 Å². The molecule has 10 heteroatoms. The fraction of sp³-hybridized carbons (Fsp3) is 0.298. The maximum Gasteiger partial charge on any atom is 0.338 e. The summed E-state index contributed by atoms with van der Waals surface area (Å²) < 4.78 is 43.1. The summed E-state index contributed by atoms with van der Waals surface area (Å²) >= 11 is 0. The Morgan fingerprint density at radius 2 is 1.28 bits per heavy atom. The van der Waals surface area contributed by atoms with E-state index in [2.05, 4.69) is 31.2 Å². The van der Waals surface area contributed by atoms with Gasteiger partial charge in [0.05, 0.1) is 29.4 Å². The van der Waals surface area contributed by atoms with Crippen molar-refractivity contribution in [2.75, 3.05) is 13.2 Å². The van der Waals surface area contributed by atoms with E-state index >= 15 is 0 Å². The zero-order chi connectivity index (χ0) is 39.4. The number of ether oxygens (including phenoxy) is 7. The molecular formula is C47H46O10. The third kappa shape index (κ3) is 10.7. The molecule has 5 aromatic rings. The molecule has 2 aliphatic rings. The van der Waals surface area contributed by atoms with Crippen molar-refractivity contribution in [3.05, 3.63) is 172 Å². The summed E-state index contributed by atoms with van der Waals surface area (Å²) in [6.45, 7) is 2.87. The average molecular weight is 771 g/mol. The summed E-state index contributed by atoms with van der Waals surface area (Å²) in [6.07, 6.45) is -1.42. The number of benzene rings is 5. The Hall–Kier alpha value is -5.81. The van der Waals surface area contributed by atoms with Gasteiger partial charge in [-0.2, -0.15) is 0 Å². The molecule has 2 saturated heterocycles. The van der Waals surface area contributed by atoms with E-state index in [4.69, 9.17) is 33.2 Å². The molecule has 2 aliphatic heterocycles. The highest BCUT2D eigenvalue weighted by molar-refractivity contribution is 5.90. The third-order valence-electron chi connectivity index (χ3n) is 9.91. The van der Waals surface area contributed by atoms with Crippen molar-refractivity contribution < 1.29 is 47.5 Å². The summed E-state index contributed by atoms with van der Waals surface area (Å²) in [7, 11) is 0. The molecule has 0 bridgehead atoms. The first-order valence-corrected chi connectivity index (χ1v) is 19.4. The van der Waals surface area contributed by atoms with Gasteiger partial charge in [-0.05, 0) is 77.6 Å². The minimum atomic E-state index is -1.30. The fourth-order valence-corrected chi connectivity index (χ4v) is 6.76. The highest BCUT2D eigenvalue weighted by Gasteiger charge is 2.46. The quantitative estimate of drug-likeness (QED) is 0.0761. The predicted molar refractivity (Wildman–Crippen MR) is 211 cm³/mol. The first-order valence-electron chi connectivity index (χ1n) is 19.4. The lowest BCUT2D eigenvalue weighted by atomic mass is 10.00. The highest BCUT2D eigenvalue weighted by Crippen LogP contribution is 2.33. The number of aryl methyl sites for hydroxylation is 1. The van der Waals surface area contributed by atoms with Crippen LogP contribution in [0.1, 0.15) is 79.5 Å². The van der Waals surface area contributed by atoms with Crippen molar-refractivity contribution >= 4 is 17.9 Å². The molecule has 0 N–H and O–H groups in total. The fourth-order valence-electron chi connectivity index (χ4n) is 6.76. The van der Waals surface area contributed by atoms with Gasteiger partial charge in [-0.15, -0.1) is 0 Å². The second kappa shape index (κ2) is 19.4. The van der Waals surface area contributed by atoms with Crippen LogP contribution in [0.3, 0.4) is 0 Å². The minimum absolute atomic E-state index is 0.0408. The topological polar surface area (TPSA) is 116 Å². The molecule has 10 nitrogen and oxygen atoms in total. The molecule has 7 rings (SSSR count). The molecule has 2 fully saturated rings. The number of carbonyl (C=O) groups is 3. The van der Waals surface area contributed by atoms with Crippen LogP contribution in [0.25, 0.3) is 0 Å². The van der Waals surface area contributed by atoms with Crippen molar-refractivity contribution in [3.8, 4) is 5.75 Å². The van der Waals surface area contributed by atoms with E-state index in [1.807, 2.05) is 24.3 Å². The van der Waals surface area contributed by atoms with Crippen LogP contribution in [0.2, 0.25) is 0 Å². The third-order valence-corrected chi connectivity index (χ3v) is 9.91. The molecular weight excluding hydrogens is 725 g/mol. The molecule has 0 aliphatic carbocycles. The summed E-state index contributed by atoms with van der Waals surface area (Å²) in [5, 5.41) is 0. The zero-order valence-electron chi connectivity index (χ0n) is 31.8. The summed E-state index contributed by atoms with van der Waals surface area (Å²) in [4.78, 5) is 40.4. The number of rotatable bonds is 15. The molecule has 0 amide bonds. The second-order valence-electron chi connectivity index (χ2n) is 14.0. The Labute approximate surface area is 332 Å². The molecule has 0 radical (unpaired) electrons. The Balaban J connectivity index is 1.22. The molecule has 0 aromatic heterocycles. The van der Waals surface area contributed by atoms with Crippen LogP contribution >= 0.6 is 0 Å². The number of carbonyl (C=O) groups excluding carboxylic acids is 3. The van der Waals surface area contributed by atoms with Crippen LogP contribution in [0.15, 0.2) is 133 Å². The van der Waals surface area contributed by atoms with Crippen LogP contribution in [0.5, 0.6) is 5.75 Å². The van der Waals surface area contributed by atoms with Gasteiger partial charge in [0.2, 0.25) is 12.4 Å². The molecule has 294 valence electrons. The second-order valence-corrected chi connectivity index (χ2v) is 14.0. The lowest BCUT2D eigenvalue weighted by Crippen LogP contribution is -2.55. The van der Waals surface area contributed by atoms with Crippen molar-refractivity contribution in [1.82, 2.24) is 0 Å². The van der Waals surface area contributed by atoms with Crippen LogP contribution in [0.4, 0.5) is 0 Å². The lowest BCUT2D eigenvalue weighted by molar-refractivity contribution is -0.240. The first kappa shape index (κ1) is 39.4. The van der Waals surface area contributed by atoms with Gasteiger partial charge in [-0.1, -0.05) is 97.9 Å². The van der Waals surface area contributed by atoms with E-state index in [0.29, 0.717) is 35.5 Å². The molecule has 5 atom stereocenters. The lowest BCUT2D eigenvalue weighted by Gasteiger charge is -2.40. The molecule has 2 heterocycles. The van der Waals surface area contributed by atoms with E-state index < -0.39 is 42.5 Å². The summed E-state index contributed by atoms with van der Waals surface area (Å²) in [6, 6.07) is 40.0. The van der Waals surface area contributed by atoms with Gasteiger partial charge in [0, 0.05) is 25.9 Å². The maximum absolute atomic E-state index is 13.7. The Kier molecular flexibility index (Phi) is 13.4. The van der Waals surface area contributed by atoms with E-state index in [0.717, 1.165) is 36.0 Å². The Morgan fingerprint density at radius 3 is 1.89 bits per heavy atom. The van der Waals surface area contributed by atoms with E-state index in [1.165, 1.54) is 5.56 Å². The summed E-state index contributed by atoms with van der Waals surface area (Å²) in [5.74, 6) is -1.35. The highest BCUT2D eigenvalue weighted by atomic mass is 16.7. The smallest absolute Gasteiger partial charge is 0.338 e. The minimum Gasteiger partial charge on any atom is -0.460 e. The molecule has 0 spiro atoms. The average Bonchev–Trinajstić information content (AvgIpc) is 3.79. The van der Waals surface area contributed by atoms with Gasteiger partial charge in [0.1, 0.15) is 18.5 Å². The Morgan fingerprint density at radius 1 is 0.684 bits per heavy atom. The van der Waals surface area contributed by atoms with Crippen LogP contribution in [-0.4, -0.2) is 62.0 Å². The maximum atomic E-state index is 13.7. The predicted octanol–water partition coefficient (Wildman–Crippen LogP) is 8.29. The first-order chi connectivity index (χ1) is 27.9. The van der Waals surface area contributed by atoms with Crippen molar-refractivity contribution in [3.63, 3.8) is 0 Å². The van der Waals surface area contributed by atoms with Crippen LogP contribution in [-0.2, 0) is 47.9 Å². The van der Waals surface area contributed by atoms with Gasteiger partial charge in [-0.25, -0.2) is 14.4 Å². The number of hydrogen-bond acceptors (Lipinski definition) is 10. The van der Waals surface area contributed by atoms with Gasteiger partial charge in [0.25, 0.3) is 0 Å². The van der Waals surface area contributed by atoms with Gasteiger partial charge < -0.3 is 33.2 Å². The normalized spacial score (nSPS) is 20.3. The number of hydrogen-bond donors (Lipinski definition) is 0. The van der Waals surface area contributed by atoms with Crippen LogP contribution < -0.4 is 4.74 Å². The molecule has 1 unspecified atom stereocenters. The van der Waals surface area contributed by atoms with Crippen molar-refractivity contribution in [1.29, 1.82) is 0 Å².